The lowest BCUT2D eigenvalue weighted by molar-refractivity contribution is -0.140. The summed E-state index contributed by atoms with van der Waals surface area (Å²) in [4.78, 5) is 26.8. The Labute approximate surface area is 217 Å². The quantitative estimate of drug-likeness (QED) is 0.201. The topological polar surface area (TPSA) is 55.4 Å². The molecule has 4 rings (SSSR count). The summed E-state index contributed by atoms with van der Waals surface area (Å²) < 4.78 is 5.29. The van der Waals surface area contributed by atoms with Crippen LogP contribution in [0.2, 0.25) is 0 Å². The summed E-state index contributed by atoms with van der Waals surface area (Å²) >= 11 is 0. The highest BCUT2D eigenvalue weighted by atomic mass is 127. The minimum atomic E-state index is -2.72. The Hall–Kier alpha value is -3.02. The molecule has 172 valence electrons. The third-order valence-electron chi connectivity index (χ3n) is 5.61. The molecule has 0 radical (unpaired) electrons. The zero-order valence-corrected chi connectivity index (χ0v) is 21.7. The van der Waals surface area contributed by atoms with Crippen molar-refractivity contribution < 1.29 is 38.3 Å². The van der Waals surface area contributed by atoms with Crippen LogP contribution in [0.4, 0.5) is 0 Å². The Bertz CT molecular complexity index is 1110. The van der Waals surface area contributed by atoms with Crippen LogP contribution in [0.15, 0.2) is 121 Å². The van der Waals surface area contributed by atoms with Gasteiger partial charge in [-0.1, -0.05) is 72.8 Å². The number of esters is 1. The zero-order valence-electron chi connectivity index (χ0n) is 18.7. The maximum absolute atomic E-state index is 13.4. The smallest absolute Gasteiger partial charge is 0.369 e. The maximum Gasteiger partial charge on any atom is 0.369 e. The van der Waals surface area contributed by atoms with Crippen molar-refractivity contribution in [2.75, 3.05) is 7.11 Å². The SMILES string of the molecule is COC(=O)C(NC(=O)c1ccccc1)[P+](c1ccccc1)(c1ccccc1)c1ccccc1.[I-]. The van der Waals surface area contributed by atoms with E-state index in [9.17, 15) is 9.59 Å². The number of halogens is 1. The van der Waals surface area contributed by atoms with Gasteiger partial charge < -0.3 is 34.0 Å². The number of hydrogen-bond donors (Lipinski definition) is 1. The van der Waals surface area contributed by atoms with E-state index < -0.39 is 19.0 Å². The third-order valence-corrected chi connectivity index (χ3v) is 10.1. The molecule has 0 saturated carbocycles. The maximum atomic E-state index is 13.4. The molecule has 4 nitrogen and oxygen atoms in total. The standard InChI is InChI=1S/C28H24NO3P.HI/c1-32-28(31)27(29-26(30)22-14-6-2-7-15-22)33(23-16-8-3-9-17-23,24-18-10-4-11-19-24)25-20-12-5-13-21-25;/h2-21,27H,1H3;1H. The van der Waals surface area contributed by atoms with Crippen molar-refractivity contribution in [3.63, 3.8) is 0 Å². The number of carbonyl (C=O) groups is 2. The lowest BCUT2D eigenvalue weighted by atomic mass is 10.2. The van der Waals surface area contributed by atoms with Gasteiger partial charge in [-0.25, -0.2) is 4.79 Å². The van der Waals surface area contributed by atoms with E-state index in [0.29, 0.717) is 5.56 Å². The van der Waals surface area contributed by atoms with E-state index in [1.54, 1.807) is 24.3 Å². The summed E-state index contributed by atoms with van der Waals surface area (Å²) in [5.41, 5.74) is 0.485. The first-order valence-corrected chi connectivity index (χ1v) is 12.5. The lowest BCUT2D eigenvalue weighted by Gasteiger charge is -2.33. The fraction of sp³-hybridized carbons (Fsp3) is 0.0714. The second-order valence-electron chi connectivity index (χ2n) is 7.49. The third kappa shape index (κ3) is 5.06. The van der Waals surface area contributed by atoms with E-state index in [0.717, 1.165) is 15.9 Å². The van der Waals surface area contributed by atoms with E-state index >= 15 is 0 Å². The van der Waals surface area contributed by atoms with Gasteiger partial charge in [0.25, 0.3) is 11.7 Å². The molecule has 1 unspecified atom stereocenters. The number of carbonyl (C=O) groups excluding carboxylic acids is 2. The number of hydrogen-bond acceptors (Lipinski definition) is 3. The van der Waals surface area contributed by atoms with Crippen molar-refractivity contribution in [3.8, 4) is 0 Å². The first-order chi connectivity index (χ1) is 16.2. The molecule has 0 aromatic heterocycles. The van der Waals surface area contributed by atoms with Gasteiger partial charge >= 0.3 is 5.97 Å². The number of nitrogens with one attached hydrogen (secondary N) is 1. The second kappa shape index (κ2) is 11.9. The summed E-state index contributed by atoms with van der Waals surface area (Å²) in [6.07, 6.45) is 0. The van der Waals surface area contributed by atoms with Gasteiger partial charge in [-0.2, -0.15) is 0 Å². The Balaban J connectivity index is 0.00000324. The average Bonchev–Trinajstić information content (AvgIpc) is 2.90. The van der Waals surface area contributed by atoms with Crippen molar-refractivity contribution in [2.24, 2.45) is 0 Å². The molecule has 4 aromatic rings. The van der Waals surface area contributed by atoms with Gasteiger partial charge in [0.2, 0.25) is 0 Å². The number of methoxy groups -OCH3 is 1. The predicted molar refractivity (Wildman–Crippen MR) is 135 cm³/mol. The van der Waals surface area contributed by atoms with Crippen LogP contribution >= 0.6 is 7.26 Å². The molecule has 4 aromatic carbocycles. The summed E-state index contributed by atoms with van der Waals surface area (Å²) in [6.45, 7) is 0. The minimum absolute atomic E-state index is 0. The van der Waals surface area contributed by atoms with Crippen LogP contribution < -0.4 is 45.2 Å². The summed E-state index contributed by atoms with van der Waals surface area (Å²) in [5, 5.41) is 5.99. The predicted octanol–water partition coefficient (Wildman–Crippen LogP) is 0.914. The van der Waals surface area contributed by atoms with Gasteiger partial charge in [0.15, 0.2) is 0 Å². The molecule has 1 atom stereocenters. The van der Waals surface area contributed by atoms with Crippen LogP contribution in [0.3, 0.4) is 0 Å². The number of benzene rings is 4. The molecule has 0 aliphatic rings. The Morgan fingerprint density at radius 2 is 1.00 bits per heavy atom. The Morgan fingerprint density at radius 1 is 0.647 bits per heavy atom. The van der Waals surface area contributed by atoms with Crippen LogP contribution in [0.25, 0.3) is 0 Å². The fourth-order valence-electron chi connectivity index (χ4n) is 4.11. The van der Waals surface area contributed by atoms with Gasteiger partial charge in [-0.15, -0.1) is 0 Å². The molecule has 1 N–H and O–H groups in total. The Kier molecular flexibility index (Phi) is 8.97. The van der Waals surface area contributed by atoms with Crippen LogP contribution in [-0.2, 0) is 9.53 Å². The minimum Gasteiger partial charge on any atom is -1.00 e. The molecule has 0 heterocycles. The number of amides is 1. The Morgan fingerprint density at radius 3 is 1.35 bits per heavy atom. The molecular weight excluding hydrogens is 556 g/mol. The lowest BCUT2D eigenvalue weighted by Crippen LogP contribution is -3.00. The summed E-state index contributed by atoms with van der Waals surface area (Å²) in [6, 6.07) is 38.7. The van der Waals surface area contributed by atoms with Crippen molar-refractivity contribution in [3.05, 3.63) is 127 Å². The van der Waals surface area contributed by atoms with Gasteiger partial charge in [0, 0.05) is 5.56 Å². The highest BCUT2D eigenvalue weighted by molar-refractivity contribution is 7.96. The van der Waals surface area contributed by atoms with Crippen LogP contribution in [-0.4, -0.2) is 24.8 Å². The normalized spacial score (nSPS) is 11.6. The molecule has 1 amide bonds. The second-order valence-corrected chi connectivity index (χ2v) is 11.0. The van der Waals surface area contributed by atoms with Gasteiger partial charge in [0.05, 0.1) is 7.11 Å². The molecule has 0 saturated heterocycles. The zero-order chi connectivity index (χ0) is 23.1. The van der Waals surface area contributed by atoms with Gasteiger partial charge in [-0.3, -0.25) is 4.79 Å². The fourth-order valence-corrected chi connectivity index (χ4v) is 8.55. The van der Waals surface area contributed by atoms with E-state index in [2.05, 4.69) is 5.32 Å². The highest BCUT2D eigenvalue weighted by Crippen LogP contribution is 2.59. The largest absolute Gasteiger partial charge is 1.00 e. The van der Waals surface area contributed by atoms with E-state index in [4.69, 9.17) is 4.74 Å². The first-order valence-electron chi connectivity index (χ1n) is 10.7. The molecule has 6 heteroatoms. The number of ether oxygens (including phenoxy) is 1. The first kappa shape index (κ1) is 25.6. The van der Waals surface area contributed by atoms with Crippen molar-refractivity contribution >= 4 is 35.1 Å². The van der Waals surface area contributed by atoms with E-state index in [-0.39, 0.29) is 29.9 Å². The van der Waals surface area contributed by atoms with Gasteiger partial charge in [0.1, 0.15) is 23.2 Å². The van der Waals surface area contributed by atoms with Crippen molar-refractivity contribution in [2.45, 2.75) is 5.78 Å². The molecule has 0 spiro atoms. The van der Waals surface area contributed by atoms with Crippen molar-refractivity contribution in [1.82, 2.24) is 5.32 Å². The average molecular weight is 581 g/mol. The monoisotopic (exact) mass is 581 g/mol. The molecule has 0 fully saturated rings. The van der Waals surface area contributed by atoms with Crippen molar-refractivity contribution in [1.29, 1.82) is 0 Å². The number of rotatable bonds is 7. The molecular formula is C28H25INO3P. The summed E-state index contributed by atoms with van der Waals surface area (Å²) in [7, 11) is -1.36. The molecule has 34 heavy (non-hydrogen) atoms. The van der Waals surface area contributed by atoms with E-state index in [1.807, 2.05) is 97.1 Å². The molecule has 0 aliphatic carbocycles. The highest BCUT2D eigenvalue weighted by Gasteiger charge is 2.57. The van der Waals surface area contributed by atoms with E-state index in [1.165, 1.54) is 7.11 Å². The molecule has 0 aliphatic heterocycles. The summed E-state index contributed by atoms with van der Waals surface area (Å²) in [5.74, 6) is -1.72. The molecule has 0 bridgehead atoms. The van der Waals surface area contributed by atoms with Crippen LogP contribution in [0.1, 0.15) is 10.4 Å². The van der Waals surface area contributed by atoms with Crippen LogP contribution in [0.5, 0.6) is 0 Å². The van der Waals surface area contributed by atoms with Gasteiger partial charge in [-0.05, 0) is 48.5 Å². The van der Waals surface area contributed by atoms with Crippen LogP contribution in [0, 0.1) is 0 Å².